The zero-order valence-electron chi connectivity index (χ0n) is 11.3. The molecule has 0 bridgehead atoms. The summed E-state index contributed by atoms with van der Waals surface area (Å²) in [6.07, 6.45) is 5.36. The normalized spacial score (nSPS) is 19.4. The highest BCUT2D eigenvalue weighted by molar-refractivity contribution is 7.07. The first-order chi connectivity index (χ1) is 9.16. The predicted molar refractivity (Wildman–Crippen MR) is 76.8 cm³/mol. The van der Waals surface area contributed by atoms with Crippen LogP contribution in [0.2, 0.25) is 0 Å². The Balaban J connectivity index is 1.94. The lowest BCUT2D eigenvalue weighted by molar-refractivity contribution is -0.130. The zero-order chi connectivity index (χ0) is 13.7. The highest BCUT2D eigenvalue weighted by Crippen LogP contribution is 2.35. The Bertz CT molecular complexity index is 455. The van der Waals surface area contributed by atoms with Gasteiger partial charge in [0, 0.05) is 6.04 Å². The molecule has 1 atom stereocenters. The molecule has 1 N–H and O–H groups in total. The molecule has 19 heavy (non-hydrogen) atoms. The molecule has 0 aliphatic heterocycles. The summed E-state index contributed by atoms with van der Waals surface area (Å²) >= 11 is 1.67. The molecular formula is C15H20N2OS. The van der Waals surface area contributed by atoms with Crippen molar-refractivity contribution in [3.05, 3.63) is 22.4 Å². The van der Waals surface area contributed by atoms with Crippen LogP contribution in [0.15, 0.2) is 16.8 Å². The topological polar surface area (TPSA) is 52.9 Å². The average Bonchev–Trinajstić information content (AvgIpc) is 2.92. The molecule has 1 heterocycles. The molecule has 0 saturated heterocycles. The smallest absolute Gasteiger partial charge is 0.240 e. The van der Waals surface area contributed by atoms with Crippen LogP contribution in [0.1, 0.15) is 44.6 Å². The number of hydrogen-bond acceptors (Lipinski definition) is 3. The maximum absolute atomic E-state index is 12.4. The molecule has 1 aliphatic rings. The van der Waals surface area contributed by atoms with Crippen molar-refractivity contribution < 1.29 is 4.79 Å². The standard InChI is InChI=1S/C15H20N2OS/c1-12(9-13-5-8-19-10-13)17-14(18)15(11-16)6-3-2-4-7-15/h5,8,10,12H,2-4,6-7,9H2,1H3,(H,17,18). The second-order valence-corrected chi connectivity index (χ2v) is 6.24. The van der Waals surface area contributed by atoms with Gasteiger partial charge in [0.2, 0.25) is 5.91 Å². The van der Waals surface area contributed by atoms with Gasteiger partial charge in [0.25, 0.3) is 0 Å². The van der Waals surface area contributed by atoms with Crippen LogP contribution < -0.4 is 5.32 Å². The van der Waals surface area contributed by atoms with Crippen LogP contribution in [0.3, 0.4) is 0 Å². The van der Waals surface area contributed by atoms with Crippen LogP contribution >= 0.6 is 11.3 Å². The Hall–Kier alpha value is -1.34. The molecule has 2 rings (SSSR count). The molecule has 102 valence electrons. The Morgan fingerprint density at radius 2 is 2.26 bits per heavy atom. The van der Waals surface area contributed by atoms with E-state index in [9.17, 15) is 10.1 Å². The van der Waals surface area contributed by atoms with E-state index in [4.69, 9.17) is 0 Å². The molecule has 4 heteroatoms. The first-order valence-corrected chi connectivity index (χ1v) is 7.84. The quantitative estimate of drug-likeness (QED) is 0.917. The minimum absolute atomic E-state index is 0.0718. The molecule has 1 saturated carbocycles. The van der Waals surface area contributed by atoms with E-state index in [1.165, 1.54) is 5.56 Å². The summed E-state index contributed by atoms with van der Waals surface area (Å²) in [6.45, 7) is 2.00. The molecule has 3 nitrogen and oxygen atoms in total. The van der Waals surface area contributed by atoms with Crippen molar-refractivity contribution in [2.24, 2.45) is 5.41 Å². The van der Waals surface area contributed by atoms with E-state index in [1.807, 2.05) is 12.3 Å². The van der Waals surface area contributed by atoms with Gasteiger partial charge in [-0.1, -0.05) is 19.3 Å². The molecular weight excluding hydrogens is 256 g/mol. The lowest BCUT2D eigenvalue weighted by Gasteiger charge is -2.30. The SMILES string of the molecule is CC(Cc1ccsc1)NC(=O)C1(C#N)CCCCC1. The van der Waals surface area contributed by atoms with E-state index >= 15 is 0 Å². The molecule has 1 aromatic rings. The summed E-state index contributed by atoms with van der Waals surface area (Å²) in [5.74, 6) is -0.0718. The van der Waals surface area contributed by atoms with E-state index in [1.54, 1.807) is 11.3 Å². The lowest BCUT2D eigenvalue weighted by atomic mass is 9.74. The van der Waals surface area contributed by atoms with Gasteiger partial charge in [-0.25, -0.2) is 0 Å². The molecule has 0 aromatic carbocycles. The van der Waals surface area contributed by atoms with Crippen LogP contribution in [0.25, 0.3) is 0 Å². The van der Waals surface area contributed by atoms with Crippen molar-refractivity contribution in [3.8, 4) is 6.07 Å². The summed E-state index contributed by atoms with van der Waals surface area (Å²) in [4.78, 5) is 12.4. The van der Waals surface area contributed by atoms with Gasteiger partial charge in [0.05, 0.1) is 6.07 Å². The number of thiophene rings is 1. The highest BCUT2D eigenvalue weighted by Gasteiger charge is 2.40. The first kappa shape index (κ1) is 14.1. The highest BCUT2D eigenvalue weighted by atomic mass is 32.1. The molecule has 1 fully saturated rings. The molecule has 1 amide bonds. The monoisotopic (exact) mass is 276 g/mol. The van der Waals surface area contributed by atoms with Crippen LogP contribution in [-0.4, -0.2) is 11.9 Å². The van der Waals surface area contributed by atoms with E-state index in [0.29, 0.717) is 12.8 Å². The first-order valence-electron chi connectivity index (χ1n) is 6.89. The van der Waals surface area contributed by atoms with Crippen molar-refractivity contribution in [2.45, 2.75) is 51.5 Å². The number of rotatable bonds is 4. The van der Waals surface area contributed by atoms with Gasteiger partial charge in [-0.3, -0.25) is 4.79 Å². The van der Waals surface area contributed by atoms with Crippen molar-refractivity contribution in [1.29, 1.82) is 5.26 Å². The molecule has 1 aromatic heterocycles. The van der Waals surface area contributed by atoms with Crippen molar-refractivity contribution in [3.63, 3.8) is 0 Å². The minimum Gasteiger partial charge on any atom is -0.352 e. The number of amides is 1. The van der Waals surface area contributed by atoms with E-state index < -0.39 is 5.41 Å². The predicted octanol–water partition coefficient (Wildman–Crippen LogP) is 3.27. The van der Waals surface area contributed by atoms with Gasteiger partial charge >= 0.3 is 0 Å². The third-order valence-electron chi connectivity index (χ3n) is 3.86. The second-order valence-electron chi connectivity index (χ2n) is 5.46. The number of nitriles is 1. The molecule has 1 unspecified atom stereocenters. The summed E-state index contributed by atoms with van der Waals surface area (Å²) in [7, 11) is 0. The summed E-state index contributed by atoms with van der Waals surface area (Å²) < 4.78 is 0. The Morgan fingerprint density at radius 3 is 2.84 bits per heavy atom. The third kappa shape index (κ3) is 3.36. The van der Waals surface area contributed by atoms with Crippen LogP contribution in [0.5, 0.6) is 0 Å². The van der Waals surface area contributed by atoms with Crippen molar-refractivity contribution in [1.82, 2.24) is 5.32 Å². The maximum Gasteiger partial charge on any atom is 0.240 e. The Kier molecular flexibility index (Phi) is 4.60. The fourth-order valence-electron chi connectivity index (χ4n) is 2.72. The van der Waals surface area contributed by atoms with Gasteiger partial charge in [0.1, 0.15) is 5.41 Å². The van der Waals surface area contributed by atoms with Gasteiger partial charge in [-0.15, -0.1) is 0 Å². The fourth-order valence-corrected chi connectivity index (χ4v) is 3.40. The largest absolute Gasteiger partial charge is 0.352 e. The van der Waals surface area contributed by atoms with E-state index in [-0.39, 0.29) is 11.9 Å². The lowest BCUT2D eigenvalue weighted by Crippen LogP contribution is -2.45. The number of hydrogen-bond donors (Lipinski definition) is 1. The number of carbonyl (C=O) groups excluding carboxylic acids is 1. The van der Waals surface area contributed by atoms with E-state index in [0.717, 1.165) is 25.7 Å². The van der Waals surface area contributed by atoms with Crippen molar-refractivity contribution in [2.75, 3.05) is 0 Å². The summed E-state index contributed by atoms with van der Waals surface area (Å²) in [5, 5.41) is 16.5. The molecule has 1 aliphatic carbocycles. The van der Waals surface area contributed by atoms with Gasteiger partial charge in [-0.2, -0.15) is 16.6 Å². The molecule has 0 spiro atoms. The average molecular weight is 276 g/mol. The van der Waals surface area contributed by atoms with Crippen LogP contribution in [0, 0.1) is 16.7 Å². The Labute approximate surface area is 118 Å². The number of nitrogens with one attached hydrogen (secondary N) is 1. The zero-order valence-corrected chi connectivity index (χ0v) is 12.1. The fraction of sp³-hybridized carbons (Fsp3) is 0.600. The number of nitrogens with zero attached hydrogens (tertiary/aromatic N) is 1. The second kappa shape index (κ2) is 6.21. The maximum atomic E-state index is 12.4. The third-order valence-corrected chi connectivity index (χ3v) is 4.59. The van der Waals surface area contributed by atoms with Gasteiger partial charge in [0.15, 0.2) is 0 Å². The van der Waals surface area contributed by atoms with Gasteiger partial charge in [-0.05, 0) is 48.6 Å². The van der Waals surface area contributed by atoms with Crippen molar-refractivity contribution >= 4 is 17.2 Å². The minimum atomic E-state index is -0.777. The summed E-state index contributed by atoms with van der Waals surface area (Å²) in [5.41, 5.74) is 0.466. The number of carbonyl (C=O) groups is 1. The van der Waals surface area contributed by atoms with E-state index in [2.05, 4.69) is 22.8 Å². The van der Waals surface area contributed by atoms with Gasteiger partial charge < -0.3 is 5.32 Å². The summed E-state index contributed by atoms with van der Waals surface area (Å²) in [6, 6.07) is 4.43. The molecule has 0 radical (unpaired) electrons. The Morgan fingerprint density at radius 1 is 1.53 bits per heavy atom. The van der Waals surface area contributed by atoms with Crippen LogP contribution in [0.4, 0.5) is 0 Å². The van der Waals surface area contributed by atoms with Crippen LogP contribution in [-0.2, 0) is 11.2 Å².